The number of benzene rings is 2. The van der Waals surface area contributed by atoms with E-state index in [-0.39, 0.29) is 5.82 Å². The molecule has 0 aliphatic carbocycles. The van der Waals surface area contributed by atoms with Gasteiger partial charge in [-0.3, -0.25) is 0 Å². The van der Waals surface area contributed by atoms with Crippen molar-refractivity contribution in [2.75, 3.05) is 12.4 Å². The number of fused-ring (bicyclic) bond motifs is 1. The van der Waals surface area contributed by atoms with Crippen molar-refractivity contribution in [3.05, 3.63) is 59.4 Å². The van der Waals surface area contributed by atoms with Crippen molar-refractivity contribution >= 4 is 5.69 Å². The van der Waals surface area contributed by atoms with Crippen molar-refractivity contribution in [1.82, 2.24) is 0 Å². The summed E-state index contributed by atoms with van der Waals surface area (Å²) in [5, 5.41) is 3.51. The summed E-state index contributed by atoms with van der Waals surface area (Å²) in [4.78, 5) is 0. The van der Waals surface area contributed by atoms with Gasteiger partial charge in [0.05, 0.1) is 7.11 Å². The molecular formula is C18H20FNO. The number of hydrogen-bond donors (Lipinski definition) is 1. The van der Waals surface area contributed by atoms with Gasteiger partial charge in [0, 0.05) is 11.7 Å². The molecule has 0 spiro atoms. The molecule has 0 fully saturated rings. The topological polar surface area (TPSA) is 21.3 Å². The molecule has 2 unspecified atom stereocenters. The Kier molecular flexibility index (Phi) is 3.82. The van der Waals surface area contributed by atoms with Crippen LogP contribution in [0.25, 0.3) is 0 Å². The van der Waals surface area contributed by atoms with E-state index in [2.05, 4.69) is 30.4 Å². The Morgan fingerprint density at radius 2 is 2.05 bits per heavy atom. The highest BCUT2D eigenvalue weighted by atomic mass is 19.1. The standard InChI is InChI=1S/C18H20FNO/c1-12-9-13(16-5-3-4-6-17(16)20-12)10-14-11-15(19)7-8-18(14)21-2/h3-8,11-13,20H,9-10H2,1-2H3. The summed E-state index contributed by atoms with van der Waals surface area (Å²) in [6, 6.07) is 13.5. The van der Waals surface area contributed by atoms with Crippen molar-refractivity contribution in [1.29, 1.82) is 0 Å². The fraction of sp³-hybridized carbons (Fsp3) is 0.333. The Labute approximate surface area is 125 Å². The Balaban J connectivity index is 1.93. The van der Waals surface area contributed by atoms with Crippen LogP contribution in [0, 0.1) is 5.82 Å². The molecule has 0 saturated heterocycles. The van der Waals surface area contributed by atoms with Gasteiger partial charge in [-0.05, 0) is 61.1 Å². The largest absolute Gasteiger partial charge is 0.496 e. The summed E-state index contributed by atoms with van der Waals surface area (Å²) in [7, 11) is 1.63. The maximum atomic E-state index is 13.5. The van der Waals surface area contributed by atoms with Gasteiger partial charge in [0.2, 0.25) is 0 Å². The molecule has 0 saturated carbocycles. The second-order valence-corrected chi connectivity index (χ2v) is 5.73. The summed E-state index contributed by atoms with van der Waals surface area (Å²) in [5.41, 5.74) is 3.44. The van der Waals surface area contributed by atoms with Gasteiger partial charge >= 0.3 is 0 Å². The molecule has 2 aromatic carbocycles. The van der Waals surface area contributed by atoms with Gasteiger partial charge in [-0.25, -0.2) is 4.39 Å². The highest BCUT2D eigenvalue weighted by Crippen LogP contribution is 2.37. The van der Waals surface area contributed by atoms with Crippen molar-refractivity contribution in [2.24, 2.45) is 0 Å². The van der Waals surface area contributed by atoms with Crippen molar-refractivity contribution < 1.29 is 9.13 Å². The third-order valence-corrected chi connectivity index (χ3v) is 4.15. The Bertz CT molecular complexity index is 641. The zero-order valence-corrected chi connectivity index (χ0v) is 12.4. The van der Waals surface area contributed by atoms with E-state index >= 15 is 0 Å². The maximum absolute atomic E-state index is 13.5. The fourth-order valence-electron chi connectivity index (χ4n) is 3.23. The predicted octanol–water partition coefficient (Wildman–Crippen LogP) is 4.36. The second kappa shape index (κ2) is 5.76. The number of halogens is 1. The lowest BCUT2D eigenvalue weighted by Crippen LogP contribution is -2.26. The van der Waals surface area contributed by atoms with Gasteiger partial charge < -0.3 is 10.1 Å². The van der Waals surface area contributed by atoms with Crippen LogP contribution in [0.4, 0.5) is 10.1 Å². The molecule has 0 amide bonds. The van der Waals surface area contributed by atoms with Crippen LogP contribution in [-0.4, -0.2) is 13.2 Å². The highest BCUT2D eigenvalue weighted by molar-refractivity contribution is 5.56. The van der Waals surface area contributed by atoms with Crippen LogP contribution in [0.3, 0.4) is 0 Å². The molecule has 1 heterocycles. The van der Waals surface area contributed by atoms with E-state index in [9.17, 15) is 4.39 Å². The number of ether oxygens (including phenoxy) is 1. The van der Waals surface area contributed by atoms with E-state index < -0.39 is 0 Å². The molecule has 0 bridgehead atoms. The Morgan fingerprint density at radius 1 is 1.24 bits per heavy atom. The van der Waals surface area contributed by atoms with Gasteiger partial charge in [0.1, 0.15) is 11.6 Å². The molecule has 21 heavy (non-hydrogen) atoms. The zero-order valence-electron chi connectivity index (χ0n) is 12.4. The van der Waals surface area contributed by atoms with Gasteiger partial charge in [0.15, 0.2) is 0 Å². The molecule has 2 aromatic rings. The number of rotatable bonds is 3. The van der Waals surface area contributed by atoms with Crippen LogP contribution in [0.1, 0.15) is 30.4 Å². The lowest BCUT2D eigenvalue weighted by atomic mass is 9.83. The van der Waals surface area contributed by atoms with E-state index in [4.69, 9.17) is 4.74 Å². The summed E-state index contributed by atoms with van der Waals surface area (Å²) in [6.45, 7) is 2.19. The third-order valence-electron chi connectivity index (χ3n) is 4.15. The number of nitrogens with one attached hydrogen (secondary N) is 1. The van der Waals surface area contributed by atoms with E-state index in [0.717, 1.165) is 24.2 Å². The number of para-hydroxylation sites is 1. The van der Waals surface area contributed by atoms with E-state index in [1.807, 2.05) is 6.07 Å². The van der Waals surface area contributed by atoms with E-state index in [1.165, 1.54) is 17.3 Å². The minimum Gasteiger partial charge on any atom is -0.496 e. The van der Waals surface area contributed by atoms with Crippen LogP contribution in [0.2, 0.25) is 0 Å². The van der Waals surface area contributed by atoms with Gasteiger partial charge in [-0.1, -0.05) is 18.2 Å². The summed E-state index contributed by atoms with van der Waals surface area (Å²) in [6.07, 6.45) is 1.83. The van der Waals surface area contributed by atoms with Crippen molar-refractivity contribution in [3.63, 3.8) is 0 Å². The molecule has 1 N–H and O–H groups in total. The van der Waals surface area contributed by atoms with Crippen LogP contribution in [0.15, 0.2) is 42.5 Å². The minimum atomic E-state index is -0.207. The first-order chi connectivity index (χ1) is 10.2. The molecule has 0 aromatic heterocycles. The van der Waals surface area contributed by atoms with Gasteiger partial charge in [-0.15, -0.1) is 0 Å². The first kappa shape index (κ1) is 13.9. The van der Waals surface area contributed by atoms with Crippen LogP contribution in [-0.2, 0) is 6.42 Å². The summed E-state index contributed by atoms with van der Waals surface area (Å²) in [5.74, 6) is 0.939. The van der Waals surface area contributed by atoms with Gasteiger partial charge in [0.25, 0.3) is 0 Å². The normalized spacial score (nSPS) is 20.5. The van der Waals surface area contributed by atoms with E-state index in [1.54, 1.807) is 19.2 Å². The zero-order chi connectivity index (χ0) is 14.8. The monoisotopic (exact) mass is 285 g/mol. The third kappa shape index (κ3) is 2.87. The number of hydrogen-bond acceptors (Lipinski definition) is 2. The van der Waals surface area contributed by atoms with Crippen molar-refractivity contribution in [3.8, 4) is 5.75 Å². The molecule has 2 atom stereocenters. The first-order valence-corrected chi connectivity index (χ1v) is 7.35. The number of anilines is 1. The lowest BCUT2D eigenvalue weighted by molar-refractivity contribution is 0.405. The quantitative estimate of drug-likeness (QED) is 0.904. The summed E-state index contributed by atoms with van der Waals surface area (Å²) < 4.78 is 18.9. The van der Waals surface area contributed by atoms with Crippen LogP contribution < -0.4 is 10.1 Å². The van der Waals surface area contributed by atoms with Crippen LogP contribution >= 0.6 is 0 Å². The second-order valence-electron chi connectivity index (χ2n) is 5.73. The fourth-order valence-corrected chi connectivity index (χ4v) is 3.23. The van der Waals surface area contributed by atoms with E-state index in [0.29, 0.717) is 12.0 Å². The SMILES string of the molecule is COc1ccc(F)cc1CC1CC(C)Nc2ccccc21. The van der Waals surface area contributed by atoms with Crippen LogP contribution in [0.5, 0.6) is 5.75 Å². The molecule has 1 aliphatic heterocycles. The van der Waals surface area contributed by atoms with Gasteiger partial charge in [-0.2, -0.15) is 0 Å². The molecular weight excluding hydrogens is 265 g/mol. The molecule has 110 valence electrons. The Hall–Kier alpha value is -2.03. The first-order valence-electron chi connectivity index (χ1n) is 7.35. The molecule has 2 nitrogen and oxygen atoms in total. The van der Waals surface area contributed by atoms with Crippen molar-refractivity contribution in [2.45, 2.75) is 31.7 Å². The molecule has 3 heteroatoms. The maximum Gasteiger partial charge on any atom is 0.123 e. The summed E-state index contributed by atoms with van der Waals surface area (Å²) >= 11 is 0. The predicted molar refractivity (Wildman–Crippen MR) is 83.5 cm³/mol. The average Bonchev–Trinajstić information content (AvgIpc) is 2.47. The average molecular weight is 285 g/mol. The Morgan fingerprint density at radius 3 is 2.86 bits per heavy atom. The lowest BCUT2D eigenvalue weighted by Gasteiger charge is -2.31. The minimum absolute atomic E-state index is 0.207. The molecule has 3 rings (SSSR count). The highest BCUT2D eigenvalue weighted by Gasteiger charge is 2.25. The molecule has 1 aliphatic rings. The smallest absolute Gasteiger partial charge is 0.123 e. The molecule has 0 radical (unpaired) electrons. The number of methoxy groups -OCH3 is 1.